The molecule has 7 rings (SSSR count). The highest BCUT2D eigenvalue weighted by atomic mass is 16.2. The third-order valence-electron chi connectivity index (χ3n) is 7.15. The minimum Gasteiger partial charge on any atom is -0.336 e. The maximum Gasteiger partial charge on any atom is 0.333 e. The van der Waals surface area contributed by atoms with Crippen molar-refractivity contribution in [1.29, 1.82) is 0 Å². The summed E-state index contributed by atoms with van der Waals surface area (Å²) in [6.45, 7) is 0.478. The second-order valence-corrected chi connectivity index (χ2v) is 9.02. The number of hydrogen-bond donors (Lipinski definition) is 4. The average Bonchev–Trinajstić information content (AvgIpc) is 2.91. The van der Waals surface area contributed by atoms with Crippen LogP contribution in [0.2, 0.25) is 0 Å². The Morgan fingerprint density at radius 2 is 1.43 bits per heavy atom. The lowest BCUT2D eigenvalue weighted by Gasteiger charge is -2.45. The molecule has 1 aromatic heterocycles. The van der Waals surface area contributed by atoms with E-state index in [-0.39, 0.29) is 23.1 Å². The van der Waals surface area contributed by atoms with Crippen LogP contribution in [0.5, 0.6) is 0 Å². The summed E-state index contributed by atoms with van der Waals surface area (Å²) in [5.41, 5.74) is 9.85. The van der Waals surface area contributed by atoms with Gasteiger partial charge in [-0.25, -0.2) is 15.3 Å². The fraction of sp³-hybridized carbons (Fsp3) is 0.185. The van der Waals surface area contributed by atoms with Gasteiger partial charge in [-0.15, -0.1) is 0 Å². The largest absolute Gasteiger partial charge is 0.336 e. The summed E-state index contributed by atoms with van der Waals surface area (Å²) >= 11 is 0. The van der Waals surface area contributed by atoms with Crippen LogP contribution in [0.3, 0.4) is 0 Å². The van der Waals surface area contributed by atoms with Crippen LogP contribution in [0.4, 0.5) is 4.79 Å². The number of carbonyl (C=O) groups is 2. The molecule has 0 spiro atoms. The normalized spacial score (nSPS) is 19.5. The highest BCUT2D eigenvalue weighted by molar-refractivity contribution is 6.05. The SMILES string of the molecule is O=C(NCC1CC2c3ccccc3C1c1ccccc12)NNC(=O)c1n[nH]c(=O)c2ccccc12. The molecule has 174 valence electrons. The predicted octanol–water partition coefficient (Wildman–Crippen LogP) is 3.16. The minimum absolute atomic E-state index is 0.0262. The Labute approximate surface area is 200 Å². The molecule has 0 saturated heterocycles. The lowest BCUT2D eigenvalue weighted by molar-refractivity contribution is 0.0932. The van der Waals surface area contributed by atoms with E-state index in [0.717, 1.165) is 6.42 Å². The number of carbonyl (C=O) groups excluding carboxylic acids is 2. The van der Waals surface area contributed by atoms with E-state index < -0.39 is 11.9 Å². The molecule has 1 heterocycles. The van der Waals surface area contributed by atoms with Crippen molar-refractivity contribution in [2.45, 2.75) is 18.3 Å². The Morgan fingerprint density at radius 1 is 0.829 bits per heavy atom. The molecule has 3 amide bonds. The average molecular weight is 466 g/mol. The molecule has 8 nitrogen and oxygen atoms in total. The van der Waals surface area contributed by atoms with Crippen molar-refractivity contribution in [1.82, 2.24) is 26.4 Å². The number of nitrogens with one attached hydrogen (secondary N) is 4. The summed E-state index contributed by atoms with van der Waals surface area (Å²) in [4.78, 5) is 37.1. The van der Waals surface area contributed by atoms with Crippen molar-refractivity contribution in [2.24, 2.45) is 5.92 Å². The van der Waals surface area contributed by atoms with Crippen LogP contribution < -0.4 is 21.7 Å². The Morgan fingerprint density at radius 3 is 2.11 bits per heavy atom. The Hall–Kier alpha value is -4.46. The van der Waals surface area contributed by atoms with Crippen LogP contribution in [0.1, 0.15) is 51.0 Å². The highest BCUT2D eigenvalue weighted by Gasteiger charge is 2.42. The van der Waals surface area contributed by atoms with Gasteiger partial charge in [-0.1, -0.05) is 66.7 Å². The number of nitrogens with zero attached hydrogens (tertiary/aromatic N) is 1. The molecule has 0 aliphatic heterocycles. The number of hydrazine groups is 1. The highest BCUT2D eigenvalue weighted by Crippen LogP contribution is 2.55. The third-order valence-corrected chi connectivity index (χ3v) is 7.15. The zero-order valence-electron chi connectivity index (χ0n) is 18.7. The lowest BCUT2D eigenvalue weighted by atomic mass is 9.59. The summed E-state index contributed by atoms with van der Waals surface area (Å²) < 4.78 is 0. The van der Waals surface area contributed by atoms with Gasteiger partial charge in [0.1, 0.15) is 0 Å². The topological polar surface area (TPSA) is 116 Å². The van der Waals surface area contributed by atoms with Gasteiger partial charge < -0.3 is 5.32 Å². The van der Waals surface area contributed by atoms with Gasteiger partial charge in [0.25, 0.3) is 11.5 Å². The van der Waals surface area contributed by atoms with Crippen molar-refractivity contribution in [2.75, 3.05) is 6.54 Å². The monoisotopic (exact) mass is 465 g/mol. The quantitative estimate of drug-likeness (QED) is 0.348. The standard InChI is InChI=1S/C27H23N5O3/c33-25-21-12-6-5-11-20(21)24(29-30-25)26(34)31-32-27(35)28-14-15-13-22-16-7-1-3-9-18(16)23(15)19-10-4-2-8-17(19)22/h1-12,15,22-23H,13-14H2,(H,30,33)(H,31,34)(H2,28,32,35). The van der Waals surface area contributed by atoms with Gasteiger partial charge in [-0.3, -0.25) is 15.0 Å². The number of aromatic nitrogens is 2. The van der Waals surface area contributed by atoms with Crippen molar-refractivity contribution >= 4 is 22.7 Å². The number of H-pyrrole nitrogens is 1. The van der Waals surface area contributed by atoms with Crippen LogP contribution in [-0.4, -0.2) is 28.7 Å². The van der Waals surface area contributed by atoms with E-state index in [1.54, 1.807) is 24.3 Å². The Balaban J connectivity index is 1.13. The lowest BCUT2D eigenvalue weighted by Crippen LogP contribution is -2.49. The van der Waals surface area contributed by atoms with Crippen molar-refractivity contribution < 1.29 is 9.59 Å². The molecule has 0 saturated carbocycles. The minimum atomic E-state index is -0.618. The number of amides is 3. The summed E-state index contributed by atoms with van der Waals surface area (Å²) in [5.74, 6) is 0.170. The number of aromatic amines is 1. The molecule has 1 atom stereocenters. The zero-order valence-corrected chi connectivity index (χ0v) is 18.7. The Bertz CT molecular complexity index is 1480. The molecule has 2 bridgehead atoms. The van der Waals surface area contributed by atoms with Gasteiger partial charge in [0.05, 0.1) is 5.39 Å². The van der Waals surface area contributed by atoms with E-state index in [0.29, 0.717) is 23.2 Å². The molecule has 3 aliphatic carbocycles. The Kier molecular flexibility index (Phi) is 5.06. The van der Waals surface area contributed by atoms with Crippen LogP contribution in [0.25, 0.3) is 10.8 Å². The maximum absolute atomic E-state index is 12.6. The number of urea groups is 1. The molecular formula is C27H23N5O3. The second kappa shape index (κ2) is 8.39. The fourth-order valence-corrected chi connectivity index (χ4v) is 5.69. The molecular weight excluding hydrogens is 442 g/mol. The molecule has 8 heteroatoms. The van der Waals surface area contributed by atoms with Crippen molar-refractivity contribution in [3.05, 3.63) is 111 Å². The number of fused-ring (bicyclic) bond motifs is 2. The molecule has 1 unspecified atom stereocenters. The van der Waals surface area contributed by atoms with E-state index in [1.807, 2.05) is 0 Å². The number of benzene rings is 3. The maximum atomic E-state index is 12.6. The van der Waals surface area contributed by atoms with E-state index in [4.69, 9.17) is 0 Å². The molecule has 4 N–H and O–H groups in total. The van der Waals surface area contributed by atoms with Gasteiger partial charge in [0.15, 0.2) is 5.69 Å². The number of hydrogen-bond acceptors (Lipinski definition) is 4. The predicted molar refractivity (Wildman–Crippen MR) is 131 cm³/mol. The molecule has 3 aliphatic rings. The molecule has 0 radical (unpaired) electrons. The van der Waals surface area contributed by atoms with Crippen LogP contribution >= 0.6 is 0 Å². The van der Waals surface area contributed by atoms with Gasteiger partial charge in [-0.2, -0.15) is 5.10 Å². The van der Waals surface area contributed by atoms with Crippen molar-refractivity contribution in [3.8, 4) is 0 Å². The van der Waals surface area contributed by atoms with Crippen LogP contribution in [0, 0.1) is 5.92 Å². The van der Waals surface area contributed by atoms with E-state index in [1.165, 1.54) is 22.3 Å². The summed E-state index contributed by atoms with van der Waals surface area (Å²) in [6.07, 6.45) is 0.957. The fourth-order valence-electron chi connectivity index (χ4n) is 5.69. The van der Waals surface area contributed by atoms with Gasteiger partial charge >= 0.3 is 6.03 Å². The van der Waals surface area contributed by atoms with E-state index in [2.05, 4.69) is 74.9 Å². The first-order chi connectivity index (χ1) is 17.1. The molecule has 35 heavy (non-hydrogen) atoms. The molecule has 4 aromatic rings. The summed E-state index contributed by atoms with van der Waals surface area (Å²) in [7, 11) is 0. The first kappa shape index (κ1) is 21.1. The molecule has 3 aromatic carbocycles. The first-order valence-electron chi connectivity index (χ1n) is 11.6. The van der Waals surface area contributed by atoms with Crippen LogP contribution in [-0.2, 0) is 0 Å². The summed E-state index contributed by atoms with van der Waals surface area (Å²) in [5, 5.41) is 9.84. The smallest absolute Gasteiger partial charge is 0.333 e. The molecule has 0 fully saturated rings. The zero-order chi connectivity index (χ0) is 23.9. The first-order valence-corrected chi connectivity index (χ1v) is 11.6. The van der Waals surface area contributed by atoms with E-state index >= 15 is 0 Å². The third kappa shape index (κ3) is 3.54. The number of rotatable bonds is 3. The van der Waals surface area contributed by atoms with Gasteiger partial charge in [-0.05, 0) is 40.7 Å². The van der Waals surface area contributed by atoms with Gasteiger partial charge in [0, 0.05) is 23.8 Å². The van der Waals surface area contributed by atoms with Gasteiger partial charge in [0.2, 0.25) is 0 Å². The van der Waals surface area contributed by atoms with E-state index in [9.17, 15) is 14.4 Å². The van der Waals surface area contributed by atoms with Crippen molar-refractivity contribution in [3.63, 3.8) is 0 Å². The van der Waals surface area contributed by atoms with Crippen LogP contribution in [0.15, 0.2) is 77.6 Å². The second-order valence-electron chi connectivity index (χ2n) is 9.02. The summed E-state index contributed by atoms with van der Waals surface area (Å²) in [6, 6.07) is 23.3.